The molecule has 0 atom stereocenters. The third kappa shape index (κ3) is 3.06. The molecule has 0 amide bonds. The second-order valence-electron chi connectivity index (χ2n) is 5.40. The van der Waals surface area contributed by atoms with Crippen molar-refractivity contribution >= 4 is 17.4 Å². The molecule has 0 N–H and O–H groups in total. The standard InChI is InChI=1S/C16H18N4OS/c1-11(2)10-22-16-18-17-15-9-8-14(19-20(15)16)12-4-6-13(21-3)7-5-12/h4-9,11H,10H2,1-3H3. The number of aromatic nitrogens is 4. The smallest absolute Gasteiger partial charge is 0.212 e. The Morgan fingerprint density at radius 3 is 2.55 bits per heavy atom. The van der Waals surface area contributed by atoms with Gasteiger partial charge in [-0.15, -0.1) is 10.2 Å². The highest BCUT2D eigenvalue weighted by atomic mass is 32.2. The number of thioether (sulfide) groups is 1. The van der Waals surface area contributed by atoms with E-state index in [1.165, 1.54) is 0 Å². The molecule has 3 rings (SSSR count). The van der Waals surface area contributed by atoms with Gasteiger partial charge in [0.25, 0.3) is 0 Å². The van der Waals surface area contributed by atoms with Gasteiger partial charge in [-0.2, -0.15) is 9.61 Å². The molecule has 0 saturated heterocycles. The summed E-state index contributed by atoms with van der Waals surface area (Å²) in [7, 11) is 1.66. The Kier molecular flexibility index (Phi) is 4.29. The molecule has 3 aromatic rings. The zero-order chi connectivity index (χ0) is 15.5. The zero-order valence-corrected chi connectivity index (χ0v) is 13.7. The third-order valence-electron chi connectivity index (χ3n) is 3.17. The summed E-state index contributed by atoms with van der Waals surface area (Å²) < 4.78 is 7.00. The Morgan fingerprint density at radius 2 is 1.86 bits per heavy atom. The van der Waals surface area contributed by atoms with Crippen molar-refractivity contribution in [3.63, 3.8) is 0 Å². The van der Waals surface area contributed by atoms with Gasteiger partial charge in [-0.3, -0.25) is 0 Å². The van der Waals surface area contributed by atoms with Crippen LogP contribution in [0.5, 0.6) is 5.75 Å². The van der Waals surface area contributed by atoms with E-state index in [-0.39, 0.29) is 0 Å². The Labute approximate surface area is 133 Å². The Morgan fingerprint density at radius 1 is 1.09 bits per heavy atom. The average Bonchev–Trinajstić information content (AvgIpc) is 2.95. The Hall–Kier alpha value is -2.08. The monoisotopic (exact) mass is 314 g/mol. The van der Waals surface area contributed by atoms with E-state index in [0.29, 0.717) is 5.92 Å². The zero-order valence-electron chi connectivity index (χ0n) is 12.9. The van der Waals surface area contributed by atoms with Crippen LogP contribution in [0.2, 0.25) is 0 Å². The molecule has 0 aliphatic carbocycles. The number of ether oxygens (including phenoxy) is 1. The van der Waals surface area contributed by atoms with Crippen molar-refractivity contribution in [2.45, 2.75) is 19.0 Å². The Balaban J connectivity index is 1.94. The lowest BCUT2D eigenvalue weighted by Crippen LogP contribution is -1.98. The highest BCUT2D eigenvalue weighted by Gasteiger charge is 2.10. The fraction of sp³-hybridized carbons (Fsp3) is 0.312. The molecule has 114 valence electrons. The van der Waals surface area contributed by atoms with E-state index < -0.39 is 0 Å². The van der Waals surface area contributed by atoms with Gasteiger partial charge >= 0.3 is 0 Å². The van der Waals surface area contributed by atoms with Crippen LogP contribution in [0.3, 0.4) is 0 Å². The average molecular weight is 314 g/mol. The molecule has 0 saturated carbocycles. The number of hydrogen-bond donors (Lipinski definition) is 0. The molecule has 0 fully saturated rings. The van der Waals surface area contributed by atoms with Gasteiger partial charge in [-0.1, -0.05) is 25.6 Å². The van der Waals surface area contributed by atoms with Crippen molar-refractivity contribution in [2.75, 3.05) is 12.9 Å². The van der Waals surface area contributed by atoms with Gasteiger partial charge in [0.05, 0.1) is 12.8 Å². The van der Waals surface area contributed by atoms with Gasteiger partial charge in [-0.05, 0) is 42.3 Å². The van der Waals surface area contributed by atoms with Crippen LogP contribution in [0, 0.1) is 5.92 Å². The predicted octanol–water partition coefficient (Wildman–Crippen LogP) is 3.55. The number of benzene rings is 1. The number of hydrogen-bond acceptors (Lipinski definition) is 5. The third-order valence-corrected chi connectivity index (χ3v) is 4.51. The topological polar surface area (TPSA) is 52.3 Å². The van der Waals surface area contributed by atoms with Gasteiger partial charge in [0.2, 0.25) is 5.16 Å². The molecule has 0 aliphatic rings. The summed E-state index contributed by atoms with van der Waals surface area (Å²) in [4.78, 5) is 0. The molecular formula is C16H18N4OS. The molecule has 0 bridgehead atoms. The normalized spacial score (nSPS) is 11.3. The molecule has 1 aromatic carbocycles. The van der Waals surface area contributed by atoms with Crippen molar-refractivity contribution in [1.29, 1.82) is 0 Å². The minimum absolute atomic E-state index is 0.599. The van der Waals surface area contributed by atoms with E-state index in [4.69, 9.17) is 4.74 Å². The summed E-state index contributed by atoms with van der Waals surface area (Å²) in [6.45, 7) is 4.37. The van der Waals surface area contributed by atoms with E-state index >= 15 is 0 Å². The molecule has 2 heterocycles. The predicted molar refractivity (Wildman–Crippen MR) is 88.3 cm³/mol. The second-order valence-corrected chi connectivity index (χ2v) is 6.39. The first-order valence-corrected chi connectivity index (χ1v) is 8.15. The molecule has 0 radical (unpaired) electrons. The molecular weight excluding hydrogens is 296 g/mol. The largest absolute Gasteiger partial charge is 0.497 e. The SMILES string of the molecule is COc1ccc(-c2ccc3nnc(SCC(C)C)n3n2)cc1. The number of methoxy groups -OCH3 is 1. The van der Waals surface area contributed by atoms with E-state index in [2.05, 4.69) is 29.1 Å². The number of nitrogens with zero attached hydrogens (tertiary/aromatic N) is 4. The van der Waals surface area contributed by atoms with Crippen molar-refractivity contribution in [2.24, 2.45) is 5.92 Å². The number of fused-ring (bicyclic) bond motifs is 1. The maximum absolute atomic E-state index is 5.19. The lowest BCUT2D eigenvalue weighted by molar-refractivity contribution is 0.415. The number of rotatable bonds is 5. The summed E-state index contributed by atoms with van der Waals surface area (Å²) in [5.41, 5.74) is 2.70. The summed E-state index contributed by atoms with van der Waals surface area (Å²) in [6.07, 6.45) is 0. The van der Waals surface area contributed by atoms with E-state index in [9.17, 15) is 0 Å². The molecule has 0 aliphatic heterocycles. The van der Waals surface area contributed by atoms with Crippen LogP contribution in [0.15, 0.2) is 41.6 Å². The summed E-state index contributed by atoms with van der Waals surface area (Å²) >= 11 is 1.68. The highest BCUT2D eigenvalue weighted by molar-refractivity contribution is 7.99. The lowest BCUT2D eigenvalue weighted by Gasteiger charge is -2.05. The van der Waals surface area contributed by atoms with Gasteiger partial charge < -0.3 is 4.74 Å². The van der Waals surface area contributed by atoms with Crippen LogP contribution < -0.4 is 4.74 Å². The summed E-state index contributed by atoms with van der Waals surface area (Å²) in [6, 6.07) is 11.8. The summed E-state index contributed by atoms with van der Waals surface area (Å²) in [5, 5.41) is 13.9. The first-order valence-electron chi connectivity index (χ1n) is 7.17. The van der Waals surface area contributed by atoms with Crippen LogP contribution >= 0.6 is 11.8 Å². The molecule has 6 heteroatoms. The van der Waals surface area contributed by atoms with Crippen molar-refractivity contribution in [3.05, 3.63) is 36.4 Å². The maximum atomic E-state index is 5.19. The first-order chi connectivity index (χ1) is 10.7. The van der Waals surface area contributed by atoms with Crippen LogP contribution in [0.25, 0.3) is 16.9 Å². The lowest BCUT2D eigenvalue weighted by atomic mass is 10.1. The highest BCUT2D eigenvalue weighted by Crippen LogP contribution is 2.23. The second kappa shape index (κ2) is 6.36. The minimum atomic E-state index is 0.599. The van der Waals surface area contributed by atoms with Crippen molar-refractivity contribution in [3.8, 4) is 17.0 Å². The van der Waals surface area contributed by atoms with Crippen LogP contribution in [-0.2, 0) is 0 Å². The van der Waals surface area contributed by atoms with Crippen molar-refractivity contribution in [1.82, 2.24) is 19.8 Å². The molecule has 0 spiro atoms. The van der Waals surface area contributed by atoms with Gasteiger partial charge in [0, 0.05) is 11.3 Å². The van der Waals surface area contributed by atoms with Crippen LogP contribution in [0.4, 0.5) is 0 Å². The Bertz CT molecular complexity index is 767. The minimum Gasteiger partial charge on any atom is -0.497 e. The van der Waals surface area contributed by atoms with E-state index in [0.717, 1.165) is 33.6 Å². The van der Waals surface area contributed by atoms with Crippen LogP contribution in [0.1, 0.15) is 13.8 Å². The van der Waals surface area contributed by atoms with Gasteiger partial charge in [0.15, 0.2) is 5.65 Å². The molecule has 0 unspecified atom stereocenters. The molecule has 22 heavy (non-hydrogen) atoms. The summed E-state index contributed by atoms with van der Waals surface area (Å²) in [5.74, 6) is 2.43. The fourth-order valence-electron chi connectivity index (χ4n) is 2.02. The maximum Gasteiger partial charge on any atom is 0.212 e. The molecule has 2 aromatic heterocycles. The fourth-order valence-corrected chi connectivity index (χ4v) is 2.85. The van der Waals surface area contributed by atoms with Crippen molar-refractivity contribution < 1.29 is 4.74 Å². The van der Waals surface area contributed by atoms with Gasteiger partial charge in [-0.25, -0.2) is 0 Å². The molecule has 5 nitrogen and oxygen atoms in total. The van der Waals surface area contributed by atoms with E-state index in [1.54, 1.807) is 18.9 Å². The van der Waals surface area contributed by atoms with E-state index in [1.807, 2.05) is 40.9 Å². The van der Waals surface area contributed by atoms with Crippen LogP contribution in [-0.4, -0.2) is 32.7 Å². The first kappa shape index (κ1) is 14.8. The quantitative estimate of drug-likeness (QED) is 0.674. The van der Waals surface area contributed by atoms with Gasteiger partial charge in [0.1, 0.15) is 5.75 Å².